The van der Waals surface area contributed by atoms with Crippen molar-refractivity contribution in [2.45, 2.75) is 58.1 Å². The van der Waals surface area contributed by atoms with Crippen molar-refractivity contribution in [3.05, 3.63) is 60.2 Å². The van der Waals surface area contributed by atoms with Crippen molar-refractivity contribution in [2.75, 3.05) is 40.6 Å². The number of ketones is 1. The minimum atomic E-state index is -1.18. The molecule has 0 aromatic heterocycles. The molecule has 1 aliphatic rings. The average molecular weight is 642 g/mol. The number of hydrogen-bond donors (Lipinski definition) is 2. The number of aliphatic carboxylic acids is 1. The van der Waals surface area contributed by atoms with Gasteiger partial charge in [0.15, 0.2) is 18.1 Å². The Bertz CT molecular complexity index is 1400. The molecule has 2 aromatic rings. The first-order valence-corrected chi connectivity index (χ1v) is 15.0. The Hall–Kier alpha value is -4.58. The van der Waals surface area contributed by atoms with Crippen LogP contribution in [0, 0.1) is 5.41 Å². The molecule has 12 nitrogen and oxygen atoms in total. The van der Waals surface area contributed by atoms with Crippen molar-refractivity contribution in [1.29, 1.82) is 0 Å². The summed E-state index contributed by atoms with van der Waals surface area (Å²) in [6, 6.07) is 8.51. The molecular formula is C34H43NO11. The number of rotatable bonds is 17. The van der Waals surface area contributed by atoms with E-state index in [0.717, 1.165) is 5.56 Å². The van der Waals surface area contributed by atoms with Crippen LogP contribution in [0.4, 0.5) is 0 Å². The molecule has 3 rings (SSSR count). The molecule has 1 heterocycles. The zero-order valence-electron chi connectivity index (χ0n) is 26.8. The van der Waals surface area contributed by atoms with E-state index in [-0.39, 0.29) is 43.2 Å². The summed E-state index contributed by atoms with van der Waals surface area (Å²) in [7, 11) is 3.05. The first kappa shape index (κ1) is 35.9. The van der Waals surface area contributed by atoms with E-state index in [1.54, 1.807) is 32.1 Å². The molecule has 0 bridgehead atoms. The molecule has 46 heavy (non-hydrogen) atoms. The van der Waals surface area contributed by atoms with Crippen LogP contribution in [0.15, 0.2) is 49.1 Å². The monoisotopic (exact) mass is 641 g/mol. The molecule has 2 aromatic carbocycles. The van der Waals surface area contributed by atoms with Crippen LogP contribution >= 0.6 is 0 Å². The van der Waals surface area contributed by atoms with Gasteiger partial charge in [0.05, 0.1) is 32.8 Å². The van der Waals surface area contributed by atoms with Gasteiger partial charge in [-0.25, -0.2) is 9.59 Å². The molecule has 1 saturated heterocycles. The number of esters is 1. The number of carbonyl (C=O) groups excluding carboxylic acids is 3. The standard InChI is InChI=1S/C34H43NO11/c1-6-17-44-21-34(2,3)31(39)32(40)35-16-8-7-9-25(35)33(41)46-27(14-10-22-11-15-28(42-4)29(18-22)43-5)24-19-23(12-13-26(24)36)45-20-30(37)38/h6,11-13,15,18-19,25,27,36H,1,7-10,14,16-17,20-21H2,2-5H3,(H,37,38)/t25-,27+/m0/s1. The molecule has 250 valence electrons. The van der Waals surface area contributed by atoms with E-state index in [2.05, 4.69) is 6.58 Å². The maximum absolute atomic E-state index is 13.8. The van der Waals surface area contributed by atoms with Crippen LogP contribution in [0.25, 0.3) is 0 Å². The minimum absolute atomic E-state index is 0.00430. The molecule has 0 aliphatic carbocycles. The lowest BCUT2D eigenvalue weighted by molar-refractivity contribution is -0.165. The number of carboxylic acids is 1. The number of amides is 1. The van der Waals surface area contributed by atoms with Crippen LogP contribution < -0.4 is 14.2 Å². The van der Waals surface area contributed by atoms with Crippen LogP contribution in [0.5, 0.6) is 23.0 Å². The largest absolute Gasteiger partial charge is 0.508 e. The van der Waals surface area contributed by atoms with Gasteiger partial charge in [-0.15, -0.1) is 6.58 Å². The van der Waals surface area contributed by atoms with Crippen molar-refractivity contribution in [2.24, 2.45) is 5.41 Å². The third-order valence-electron chi connectivity index (χ3n) is 7.65. The maximum atomic E-state index is 13.8. The van der Waals surface area contributed by atoms with Crippen molar-refractivity contribution < 1.29 is 53.1 Å². The van der Waals surface area contributed by atoms with Crippen molar-refractivity contribution in [1.82, 2.24) is 4.90 Å². The zero-order chi connectivity index (χ0) is 33.9. The summed E-state index contributed by atoms with van der Waals surface area (Å²) in [6.07, 6.45) is 2.65. The molecule has 0 unspecified atom stereocenters. The number of methoxy groups -OCH3 is 2. The number of phenols is 1. The predicted molar refractivity (Wildman–Crippen MR) is 167 cm³/mol. The molecule has 2 atom stereocenters. The highest BCUT2D eigenvalue weighted by atomic mass is 16.5. The van der Waals surface area contributed by atoms with E-state index >= 15 is 0 Å². The summed E-state index contributed by atoms with van der Waals surface area (Å²) in [4.78, 5) is 52.9. The lowest BCUT2D eigenvalue weighted by Gasteiger charge is -2.36. The third-order valence-corrected chi connectivity index (χ3v) is 7.65. The zero-order valence-corrected chi connectivity index (χ0v) is 26.8. The Balaban J connectivity index is 1.89. The summed E-state index contributed by atoms with van der Waals surface area (Å²) < 4.78 is 27.5. The van der Waals surface area contributed by atoms with E-state index in [9.17, 15) is 24.3 Å². The molecule has 0 radical (unpaired) electrons. The number of ether oxygens (including phenoxy) is 5. The Morgan fingerprint density at radius 3 is 2.48 bits per heavy atom. The lowest BCUT2D eigenvalue weighted by atomic mass is 9.87. The van der Waals surface area contributed by atoms with Crippen molar-refractivity contribution in [3.63, 3.8) is 0 Å². The fourth-order valence-corrected chi connectivity index (χ4v) is 5.16. The number of phenolic OH excluding ortho intramolecular Hbond substituents is 1. The van der Waals surface area contributed by atoms with Crippen LogP contribution in [0.2, 0.25) is 0 Å². The molecule has 2 N–H and O–H groups in total. The summed E-state index contributed by atoms with van der Waals surface area (Å²) in [5.41, 5.74) is -0.102. The second kappa shape index (κ2) is 16.6. The maximum Gasteiger partial charge on any atom is 0.341 e. The number of piperidine rings is 1. The SMILES string of the molecule is C=CCOCC(C)(C)C(=O)C(=O)N1CCCC[C@H]1C(=O)O[C@H](CCc1ccc(OC)c(OC)c1)c1cc(OCC(=O)O)ccc1O. The second-order valence-electron chi connectivity index (χ2n) is 11.6. The topological polar surface area (TPSA) is 158 Å². The highest BCUT2D eigenvalue weighted by molar-refractivity contribution is 6.38. The van der Waals surface area contributed by atoms with E-state index in [1.807, 2.05) is 6.07 Å². The molecule has 12 heteroatoms. The number of aryl methyl sites for hydroxylation is 1. The van der Waals surface area contributed by atoms with Gasteiger partial charge in [0.25, 0.3) is 5.91 Å². The summed E-state index contributed by atoms with van der Waals surface area (Å²) >= 11 is 0. The molecule has 0 spiro atoms. The van der Waals surface area contributed by atoms with Crippen LogP contribution in [0.3, 0.4) is 0 Å². The van der Waals surface area contributed by atoms with E-state index < -0.39 is 47.8 Å². The fourth-order valence-electron chi connectivity index (χ4n) is 5.16. The highest BCUT2D eigenvalue weighted by Crippen LogP contribution is 2.36. The normalized spacial score (nSPS) is 15.4. The number of nitrogens with zero attached hydrogens (tertiary/aromatic N) is 1. The van der Waals surface area contributed by atoms with Crippen molar-refractivity contribution in [3.8, 4) is 23.0 Å². The van der Waals surface area contributed by atoms with Gasteiger partial charge >= 0.3 is 11.9 Å². The first-order chi connectivity index (χ1) is 21.9. The van der Waals surface area contributed by atoms with Gasteiger partial charge < -0.3 is 38.8 Å². The Labute approximate surface area is 268 Å². The third kappa shape index (κ3) is 9.46. The Morgan fingerprint density at radius 1 is 1.07 bits per heavy atom. The van der Waals surface area contributed by atoms with Gasteiger partial charge in [0, 0.05) is 12.1 Å². The second-order valence-corrected chi connectivity index (χ2v) is 11.6. The van der Waals surface area contributed by atoms with Crippen molar-refractivity contribution >= 4 is 23.6 Å². The Kier molecular flexibility index (Phi) is 13.0. The number of hydrogen-bond acceptors (Lipinski definition) is 10. The number of Topliss-reactive ketones (excluding diaryl/α,β-unsaturated/α-hetero) is 1. The number of carboxylic acid groups (broad SMARTS) is 1. The van der Waals surface area contributed by atoms with Gasteiger partial charge in [-0.3, -0.25) is 9.59 Å². The van der Waals surface area contributed by atoms with E-state index in [0.29, 0.717) is 37.2 Å². The highest BCUT2D eigenvalue weighted by Gasteiger charge is 2.42. The quantitative estimate of drug-likeness (QED) is 0.110. The summed E-state index contributed by atoms with van der Waals surface area (Å²) in [6.45, 7) is 6.63. The number of carbonyl (C=O) groups is 4. The van der Waals surface area contributed by atoms with Gasteiger partial charge in [0.1, 0.15) is 23.6 Å². The minimum Gasteiger partial charge on any atom is -0.508 e. The molecule has 1 aliphatic heterocycles. The fraction of sp³-hybridized carbons (Fsp3) is 0.471. The average Bonchev–Trinajstić information content (AvgIpc) is 3.05. The molecule has 0 saturated carbocycles. The number of benzene rings is 2. The molecular weight excluding hydrogens is 598 g/mol. The molecule has 1 fully saturated rings. The summed E-state index contributed by atoms with van der Waals surface area (Å²) in [5, 5.41) is 19.9. The van der Waals surface area contributed by atoms with E-state index in [1.165, 1.54) is 37.3 Å². The van der Waals surface area contributed by atoms with Gasteiger partial charge in [0.2, 0.25) is 5.78 Å². The number of aromatic hydroxyl groups is 1. The van der Waals surface area contributed by atoms with Gasteiger partial charge in [-0.2, -0.15) is 0 Å². The number of likely N-dealkylation sites (tertiary alicyclic amines) is 1. The van der Waals surface area contributed by atoms with Gasteiger partial charge in [-0.05, 0) is 68.0 Å². The van der Waals surface area contributed by atoms with E-state index in [4.69, 9.17) is 28.8 Å². The molecule has 1 amide bonds. The van der Waals surface area contributed by atoms with Crippen LogP contribution in [-0.4, -0.2) is 85.4 Å². The van der Waals surface area contributed by atoms with Gasteiger partial charge in [-0.1, -0.05) is 26.0 Å². The lowest BCUT2D eigenvalue weighted by Crippen LogP contribution is -2.53. The Morgan fingerprint density at radius 2 is 1.80 bits per heavy atom. The van der Waals surface area contributed by atoms with Crippen LogP contribution in [0.1, 0.15) is 56.8 Å². The van der Waals surface area contributed by atoms with Crippen LogP contribution in [-0.2, 0) is 35.1 Å². The summed E-state index contributed by atoms with van der Waals surface area (Å²) in [5.74, 6) is -2.36. The smallest absolute Gasteiger partial charge is 0.341 e. The first-order valence-electron chi connectivity index (χ1n) is 15.0. The predicted octanol–water partition coefficient (Wildman–Crippen LogP) is 4.27.